The highest BCUT2D eigenvalue weighted by atomic mass is 16.2. The Hall–Kier alpha value is -1.06. The Bertz CT molecular complexity index is 348. The fourth-order valence-electron chi connectivity index (χ4n) is 2.87. The molecule has 1 unspecified atom stereocenters. The molecule has 1 rings (SSSR count). The largest absolute Gasteiger partial charge is 0.340 e. The Balaban J connectivity index is 3.00. The molecule has 1 aliphatic rings. The van der Waals surface area contributed by atoms with Gasteiger partial charge in [-0.15, -0.1) is 0 Å². The molecular formula is C16H30N2O2. The lowest BCUT2D eigenvalue weighted by Gasteiger charge is -2.45. The van der Waals surface area contributed by atoms with Gasteiger partial charge in [0.05, 0.1) is 0 Å². The maximum absolute atomic E-state index is 12.9. The molecule has 2 amide bonds. The minimum atomic E-state index is -0.682. The van der Waals surface area contributed by atoms with Gasteiger partial charge in [0, 0.05) is 6.54 Å². The van der Waals surface area contributed by atoms with Gasteiger partial charge in [0.2, 0.25) is 11.8 Å². The predicted octanol–water partition coefficient (Wildman–Crippen LogP) is 2.72. The number of piperazine rings is 1. The third kappa shape index (κ3) is 3.33. The zero-order valence-corrected chi connectivity index (χ0v) is 13.7. The van der Waals surface area contributed by atoms with Gasteiger partial charge < -0.3 is 10.2 Å². The Morgan fingerprint density at radius 3 is 2.25 bits per heavy atom. The third-order valence-corrected chi connectivity index (χ3v) is 4.43. The maximum atomic E-state index is 12.9. The van der Waals surface area contributed by atoms with Gasteiger partial charge in [0.1, 0.15) is 11.6 Å². The molecular weight excluding hydrogens is 252 g/mol. The molecule has 0 aromatic carbocycles. The van der Waals surface area contributed by atoms with Crippen LogP contribution in [0.4, 0.5) is 0 Å². The standard InChI is InChI=1S/C16H30N2O2/c1-6-9-13-14(19)17-16(7-2,8-3)15(20)18(13)11-10-12(4)5/h12-13H,6-11H2,1-5H3,(H,17,19). The molecule has 1 heterocycles. The summed E-state index contributed by atoms with van der Waals surface area (Å²) in [6.45, 7) is 11.0. The van der Waals surface area contributed by atoms with Crippen LogP contribution in [0.2, 0.25) is 0 Å². The zero-order chi connectivity index (χ0) is 15.3. The number of carbonyl (C=O) groups excluding carboxylic acids is 2. The summed E-state index contributed by atoms with van der Waals surface area (Å²) in [5.41, 5.74) is -0.682. The Morgan fingerprint density at radius 2 is 1.80 bits per heavy atom. The average molecular weight is 282 g/mol. The predicted molar refractivity (Wildman–Crippen MR) is 81.3 cm³/mol. The van der Waals surface area contributed by atoms with Gasteiger partial charge in [-0.3, -0.25) is 9.59 Å². The van der Waals surface area contributed by atoms with Crippen LogP contribution in [0.25, 0.3) is 0 Å². The van der Waals surface area contributed by atoms with Crippen LogP contribution in [-0.2, 0) is 9.59 Å². The second-order valence-corrected chi connectivity index (χ2v) is 6.26. The maximum Gasteiger partial charge on any atom is 0.248 e. The number of carbonyl (C=O) groups is 2. The number of nitrogens with one attached hydrogen (secondary N) is 1. The normalized spacial score (nSPS) is 22.3. The van der Waals surface area contributed by atoms with E-state index in [1.165, 1.54) is 0 Å². The van der Waals surface area contributed by atoms with E-state index in [1.807, 2.05) is 18.7 Å². The topological polar surface area (TPSA) is 49.4 Å². The van der Waals surface area contributed by atoms with Crippen molar-refractivity contribution >= 4 is 11.8 Å². The van der Waals surface area contributed by atoms with Gasteiger partial charge >= 0.3 is 0 Å². The van der Waals surface area contributed by atoms with E-state index in [1.54, 1.807) is 0 Å². The van der Waals surface area contributed by atoms with Crippen molar-refractivity contribution in [3.63, 3.8) is 0 Å². The van der Waals surface area contributed by atoms with E-state index >= 15 is 0 Å². The van der Waals surface area contributed by atoms with Crippen molar-refractivity contribution in [3.8, 4) is 0 Å². The zero-order valence-electron chi connectivity index (χ0n) is 13.7. The van der Waals surface area contributed by atoms with Gasteiger partial charge in [0.25, 0.3) is 0 Å². The van der Waals surface area contributed by atoms with E-state index in [0.29, 0.717) is 25.3 Å². The summed E-state index contributed by atoms with van der Waals surface area (Å²) in [5, 5.41) is 3.00. The molecule has 4 nitrogen and oxygen atoms in total. The molecule has 0 spiro atoms. The molecule has 0 saturated carbocycles. The van der Waals surface area contributed by atoms with Crippen LogP contribution in [-0.4, -0.2) is 34.8 Å². The summed E-state index contributed by atoms with van der Waals surface area (Å²) >= 11 is 0. The molecule has 1 aliphatic heterocycles. The molecule has 1 saturated heterocycles. The van der Waals surface area contributed by atoms with Crippen LogP contribution >= 0.6 is 0 Å². The summed E-state index contributed by atoms with van der Waals surface area (Å²) in [6, 6.07) is -0.280. The lowest BCUT2D eigenvalue weighted by Crippen LogP contribution is -2.70. The summed E-state index contributed by atoms with van der Waals surface area (Å²) in [4.78, 5) is 27.1. The number of hydrogen-bond acceptors (Lipinski definition) is 2. The lowest BCUT2D eigenvalue weighted by molar-refractivity contribution is -0.156. The third-order valence-electron chi connectivity index (χ3n) is 4.43. The fourth-order valence-corrected chi connectivity index (χ4v) is 2.87. The van der Waals surface area contributed by atoms with Crippen molar-refractivity contribution in [2.75, 3.05) is 6.54 Å². The molecule has 1 N–H and O–H groups in total. The molecule has 116 valence electrons. The molecule has 1 fully saturated rings. The molecule has 0 aromatic heterocycles. The highest BCUT2D eigenvalue weighted by molar-refractivity contribution is 5.99. The van der Waals surface area contributed by atoms with Crippen molar-refractivity contribution in [3.05, 3.63) is 0 Å². The van der Waals surface area contributed by atoms with Gasteiger partial charge in [-0.1, -0.05) is 41.0 Å². The molecule has 0 aromatic rings. The minimum Gasteiger partial charge on any atom is -0.340 e. The van der Waals surface area contributed by atoms with E-state index in [4.69, 9.17) is 0 Å². The Labute approximate surface area is 123 Å². The van der Waals surface area contributed by atoms with E-state index in [2.05, 4.69) is 26.1 Å². The van der Waals surface area contributed by atoms with Gasteiger partial charge in [-0.2, -0.15) is 0 Å². The van der Waals surface area contributed by atoms with E-state index in [-0.39, 0.29) is 17.9 Å². The van der Waals surface area contributed by atoms with E-state index in [0.717, 1.165) is 19.3 Å². The molecule has 0 radical (unpaired) electrons. The number of hydrogen-bond donors (Lipinski definition) is 1. The van der Waals surface area contributed by atoms with Crippen LogP contribution in [0.3, 0.4) is 0 Å². The van der Waals surface area contributed by atoms with Gasteiger partial charge in [-0.25, -0.2) is 0 Å². The van der Waals surface area contributed by atoms with Crippen molar-refractivity contribution < 1.29 is 9.59 Å². The fraction of sp³-hybridized carbons (Fsp3) is 0.875. The van der Waals surface area contributed by atoms with Crippen LogP contribution in [0, 0.1) is 5.92 Å². The first kappa shape index (κ1) is 17.0. The lowest BCUT2D eigenvalue weighted by atomic mass is 9.86. The highest BCUT2D eigenvalue weighted by Crippen LogP contribution is 2.27. The SMILES string of the molecule is CCCC1C(=O)NC(CC)(CC)C(=O)N1CCC(C)C. The van der Waals surface area contributed by atoms with Crippen LogP contribution < -0.4 is 5.32 Å². The molecule has 4 heteroatoms. The summed E-state index contributed by atoms with van der Waals surface area (Å²) in [5.74, 6) is 0.674. The highest BCUT2D eigenvalue weighted by Gasteiger charge is 2.48. The monoisotopic (exact) mass is 282 g/mol. The van der Waals surface area contributed by atoms with Crippen molar-refractivity contribution in [1.82, 2.24) is 10.2 Å². The second kappa shape index (κ2) is 7.09. The first-order valence-corrected chi connectivity index (χ1v) is 8.04. The van der Waals surface area contributed by atoms with Crippen molar-refractivity contribution in [1.29, 1.82) is 0 Å². The van der Waals surface area contributed by atoms with Gasteiger partial charge in [-0.05, 0) is 31.6 Å². The smallest absolute Gasteiger partial charge is 0.248 e. The van der Waals surface area contributed by atoms with E-state index < -0.39 is 5.54 Å². The number of nitrogens with zero attached hydrogens (tertiary/aromatic N) is 1. The quantitative estimate of drug-likeness (QED) is 0.780. The number of amides is 2. The van der Waals surface area contributed by atoms with E-state index in [9.17, 15) is 9.59 Å². The second-order valence-electron chi connectivity index (χ2n) is 6.26. The molecule has 20 heavy (non-hydrogen) atoms. The molecule has 0 bridgehead atoms. The minimum absolute atomic E-state index is 0.0268. The van der Waals surface area contributed by atoms with Crippen molar-refractivity contribution in [2.45, 2.75) is 78.3 Å². The summed E-state index contributed by atoms with van der Waals surface area (Å²) in [7, 11) is 0. The Morgan fingerprint density at radius 1 is 1.20 bits per heavy atom. The van der Waals surface area contributed by atoms with Gasteiger partial charge in [0.15, 0.2) is 0 Å². The Kier molecular flexibility index (Phi) is 6.03. The molecule has 0 aliphatic carbocycles. The number of rotatable bonds is 7. The van der Waals surface area contributed by atoms with Crippen LogP contribution in [0.15, 0.2) is 0 Å². The summed E-state index contributed by atoms with van der Waals surface area (Å²) < 4.78 is 0. The first-order valence-electron chi connectivity index (χ1n) is 8.04. The molecule has 1 atom stereocenters. The van der Waals surface area contributed by atoms with Crippen LogP contribution in [0.5, 0.6) is 0 Å². The average Bonchev–Trinajstić information content (AvgIpc) is 2.42. The first-order chi connectivity index (χ1) is 9.41. The summed E-state index contributed by atoms with van der Waals surface area (Å²) in [6.07, 6.45) is 3.92. The van der Waals surface area contributed by atoms with Crippen LogP contribution in [0.1, 0.15) is 66.7 Å². The van der Waals surface area contributed by atoms with Crippen molar-refractivity contribution in [2.24, 2.45) is 5.92 Å².